The maximum Gasteiger partial charge on any atom is 0.260 e. The molecule has 1 heterocycles. The molecule has 0 amide bonds. The lowest BCUT2D eigenvalue weighted by Gasteiger charge is -2.00. The number of rotatable bonds is 2. The maximum absolute atomic E-state index is 13.4. The molecule has 84 valence electrons. The molecule has 2 rings (SSSR count). The highest BCUT2D eigenvalue weighted by Gasteiger charge is 2.15. The van der Waals surface area contributed by atoms with Gasteiger partial charge in [0.1, 0.15) is 11.6 Å². The molecule has 2 aromatic rings. The highest BCUT2D eigenvalue weighted by Crippen LogP contribution is 2.25. The van der Waals surface area contributed by atoms with Gasteiger partial charge in [0.2, 0.25) is 0 Å². The van der Waals surface area contributed by atoms with Gasteiger partial charge in [-0.05, 0) is 6.07 Å². The Morgan fingerprint density at radius 3 is 2.69 bits per heavy atom. The first kappa shape index (κ1) is 10.5. The molecule has 1 aromatic heterocycles. The van der Waals surface area contributed by atoms with E-state index in [-0.39, 0.29) is 17.1 Å². The Balaban J connectivity index is 2.51. The van der Waals surface area contributed by atoms with E-state index in [4.69, 9.17) is 10.3 Å². The van der Waals surface area contributed by atoms with E-state index < -0.39 is 11.6 Å². The second kappa shape index (κ2) is 3.88. The van der Waals surface area contributed by atoms with Gasteiger partial charge in [-0.15, -0.1) is 0 Å². The van der Waals surface area contributed by atoms with Crippen molar-refractivity contribution in [2.45, 2.75) is 13.3 Å². The number of nitrogens with two attached hydrogens (primary N) is 1. The molecule has 16 heavy (non-hydrogen) atoms. The third kappa shape index (κ3) is 1.73. The predicted octanol–water partition coefficient (Wildman–Crippen LogP) is 2.16. The molecular weight excluding hydrogens is 216 g/mol. The molecule has 0 saturated carbocycles. The van der Waals surface area contributed by atoms with Crippen molar-refractivity contribution in [3.05, 3.63) is 29.6 Å². The molecule has 0 aliphatic rings. The summed E-state index contributed by atoms with van der Waals surface area (Å²) in [5.41, 5.74) is 5.18. The van der Waals surface area contributed by atoms with E-state index in [0.29, 0.717) is 18.3 Å². The molecule has 0 bridgehead atoms. The predicted molar refractivity (Wildman–Crippen MR) is 53.4 cm³/mol. The normalized spacial score (nSPS) is 10.7. The fourth-order valence-corrected chi connectivity index (χ4v) is 1.24. The van der Waals surface area contributed by atoms with Crippen molar-refractivity contribution in [1.82, 2.24) is 10.1 Å². The summed E-state index contributed by atoms with van der Waals surface area (Å²) in [6, 6.07) is 1.83. The van der Waals surface area contributed by atoms with Crippen LogP contribution in [0.15, 0.2) is 16.7 Å². The highest BCUT2D eigenvalue weighted by molar-refractivity contribution is 5.61. The summed E-state index contributed by atoms with van der Waals surface area (Å²) < 4.78 is 31.2. The Labute approximate surface area is 90.1 Å². The Bertz CT molecular complexity index is 525. The molecule has 0 unspecified atom stereocenters. The van der Waals surface area contributed by atoms with Crippen LogP contribution in [0.2, 0.25) is 0 Å². The Kier molecular flexibility index (Phi) is 2.55. The lowest BCUT2D eigenvalue weighted by molar-refractivity contribution is 0.421. The molecule has 0 fully saturated rings. The summed E-state index contributed by atoms with van der Waals surface area (Å²) in [6.07, 6.45) is 0.571. The van der Waals surface area contributed by atoms with E-state index in [1.807, 2.05) is 6.92 Å². The van der Waals surface area contributed by atoms with Gasteiger partial charge in [-0.25, -0.2) is 8.78 Å². The average Bonchev–Trinajstić information content (AvgIpc) is 2.71. The van der Waals surface area contributed by atoms with Crippen LogP contribution in [0.3, 0.4) is 0 Å². The molecule has 0 aliphatic carbocycles. The lowest BCUT2D eigenvalue weighted by atomic mass is 10.2. The number of aromatic nitrogens is 2. The van der Waals surface area contributed by atoms with Crippen LogP contribution >= 0.6 is 0 Å². The zero-order valence-corrected chi connectivity index (χ0v) is 8.50. The molecule has 0 atom stereocenters. The molecule has 0 saturated heterocycles. The Hall–Kier alpha value is -1.98. The average molecular weight is 225 g/mol. The summed E-state index contributed by atoms with van der Waals surface area (Å²) in [5.74, 6) is -1.13. The smallest absolute Gasteiger partial charge is 0.260 e. The zero-order chi connectivity index (χ0) is 11.7. The van der Waals surface area contributed by atoms with Gasteiger partial charge >= 0.3 is 0 Å². The number of anilines is 1. The van der Waals surface area contributed by atoms with Crippen LogP contribution in [-0.2, 0) is 6.42 Å². The number of nitrogens with zero attached hydrogens (tertiary/aromatic N) is 2. The lowest BCUT2D eigenvalue weighted by Crippen LogP contribution is -1.94. The van der Waals surface area contributed by atoms with Gasteiger partial charge in [0, 0.05) is 12.5 Å². The van der Waals surface area contributed by atoms with Gasteiger partial charge in [-0.3, -0.25) is 0 Å². The van der Waals surface area contributed by atoms with Gasteiger partial charge < -0.3 is 10.3 Å². The van der Waals surface area contributed by atoms with E-state index >= 15 is 0 Å². The third-order valence-corrected chi connectivity index (χ3v) is 2.10. The minimum atomic E-state index is -0.809. The number of hydrogen-bond acceptors (Lipinski definition) is 4. The first-order valence-electron chi connectivity index (χ1n) is 4.69. The van der Waals surface area contributed by atoms with Crippen LogP contribution in [0.5, 0.6) is 0 Å². The third-order valence-electron chi connectivity index (χ3n) is 2.10. The highest BCUT2D eigenvalue weighted by atomic mass is 19.1. The number of nitrogen functional groups attached to an aromatic ring is 1. The second-order valence-corrected chi connectivity index (χ2v) is 3.22. The van der Waals surface area contributed by atoms with E-state index in [1.165, 1.54) is 0 Å². The molecule has 0 aliphatic heterocycles. The minimum Gasteiger partial charge on any atom is -0.396 e. The number of hydrogen-bond donors (Lipinski definition) is 1. The van der Waals surface area contributed by atoms with Crippen molar-refractivity contribution >= 4 is 5.69 Å². The standard InChI is InChI=1S/C10H9F2N3O/c1-2-9-14-10(16-15-9)5-3-8(13)7(12)4-6(5)11/h3-4H,2,13H2,1H3. The van der Waals surface area contributed by atoms with Crippen molar-refractivity contribution in [3.8, 4) is 11.5 Å². The quantitative estimate of drug-likeness (QED) is 0.795. The van der Waals surface area contributed by atoms with E-state index in [9.17, 15) is 8.78 Å². The number of benzene rings is 1. The Morgan fingerprint density at radius 1 is 1.31 bits per heavy atom. The number of aryl methyl sites for hydroxylation is 1. The Morgan fingerprint density at radius 2 is 2.06 bits per heavy atom. The van der Waals surface area contributed by atoms with Crippen LogP contribution < -0.4 is 5.73 Å². The number of halogens is 2. The molecule has 2 N–H and O–H groups in total. The van der Waals surface area contributed by atoms with Crippen molar-refractivity contribution in [2.24, 2.45) is 0 Å². The summed E-state index contributed by atoms with van der Waals surface area (Å²) in [5, 5.41) is 3.62. The first-order chi connectivity index (χ1) is 7.61. The zero-order valence-electron chi connectivity index (χ0n) is 8.50. The van der Waals surface area contributed by atoms with Crippen LogP contribution in [0, 0.1) is 11.6 Å². The maximum atomic E-state index is 13.4. The largest absolute Gasteiger partial charge is 0.396 e. The molecular formula is C10H9F2N3O. The van der Waals surface area contributed by atoms with Gasteiger partial charge in [-0.2, -0.15) is 4.98 Å². The minimum absolute atomic E-state index is 0.000972. The fourth-order valence-electron chi connectivity index (χ4n) is 1.24. The molecule has 0 spiro atoms. The van der Waals surface area contributed by atoms with Crippen molar-refractivity contribution in [3.63, 3.8) is 0 Å². The van der Waals surface area contributed by atoms with Crippen molar-refractivity contribution in [2.75, 3.05) is 5.73 Å². The first-order valence-corrected chi connectivity index (χ1v) is 4.69. The van der Waals surface area contributed by atoms with Crippen molar-refractivity contribution < 1.29 is 13.3 Å². The fraction of sp³-hybridized carbons (Fsp3) is 0.200. The summed E-state index contributed by atoms with van der Waals surface area (Å²) in [4.78, 5) is 3.93. The van der Waals surface area contributed by atoms with Crippen LogP contribution in [0.25, 0.3) is 11.5 Å². The molecule has 6 heteroatoms. The topological polar surface area (TPSA) is 64.9 Å². The molecule has 0 radical (unpaired) electrons. The van der Waals surface area contributed by atoms with Gasteiger partial charge in [0.25, 0.3) is 5.89 Å². The van der Waals surface area contributed by atoms with Crippen LogP contribution in [0.1, 0.15) is 12.7 Å². The van der Waals surface area contributed by atoms with Crippen LogP contribution in [0.4, 0.5) is 14.5 Å². The molecule has 4 nitrogen and oxygen atoms in total. The van der Waals surface area contributed by atoms with E-state index in [2.05, 4.69) is 10.1 Å². The summed E-state index contributed by atoms with van der Waals surface area (Å²) in [7, 11) is 0. The monoisotopic (exact) mass is 225 g/mol. The van der Waals surface area contributed by atoms with E-state index in [0.717, 1.165) is 6.07 Å². The van der Waals surface area contributed by atoms with Crippen molar-refractivity contribution in [1.29, 1.82) is 0 Å². The summed E-state index contributed by atoms with van der Waals surface area (Å²) >= 11 is 0. The molecule has 1 aromatic carbocycles. The van der Waals surface area contributed by atoms with Gasteiger partial charge in [-0.1, -0.05) is 12.1 Å². The SMILES string of the molecule is CCc1noc(-c2cc(N)c(F)cc2F)n1. The van der Waals surface area contributed by atoms with Crippen LogP contribution in [-0.4, -0.2) is 10.1 Å². The van der Waals surface area contributed by atoms with Gasteiger partial charge in [0.15, 0.2) is 5.82 Å². The second-order valence-electron chi connectivity index (χ2n) is 3.22. The van der Waals surface area contributed by atoms with E-state index in [1.54, 1.807) is 0 Å². The summed E-state index contributed by atoms with van der Waals surface area (Å²) in [6.45, 7) is 1.84. The van der Waals surface area contributed by atoms with Gasteiger partial charge in [0.05, 0.1) is 11.3 Å².